The fourth-order valence-corrected chi connectivity index (χ4v) is 1.88. The van der Waals surface area contributed by atoms with Gasteiger partial charge in [-0.05, 0) is 28.1 Å². The number of aromatic nitrogens is 1. The zero-order chi connectivity index (χ0) is 10.1. The number of nitrogens with one attached hydrogen (secondary N) is 1. The van der Waals surface area contributed by atoms with Crippen LogP contribution < -0.4 is 10.2 Å². The molecular formula is C10H8BrNO2. The lowest BCUT2D eigenvalue weighted by molar-refractivity contribution is 0.415. The molecular weight excluding hydrogens is 246 g/mol. The number of hydrogen-bond acceptors (Lipinski definition) is 2. The maximum absolute atomic E-state index is 11.5. The molecule has 0 aliphatic rings. The summed E-state index contributed by atoms with van der Waals surface area (Å²) in [7, 11) is 1.57. The molecule has 4 heteroatoms. The second-order valence-electron chi connectivity index (χ2n) is 2.87. The minimum Gasteiger partial charge on any atom is -0.497 e. The first kappa shape index (κ1) is 9.27. The number of ether oxygens (including phenoxy) is 1. The summed E-state index contributed by atoms with van der Waals surface area (Å²) in [6.45, 7) is 0. The number of halogens is 1. The van der Waals surface area contributed by atoms with Crippen molar-refractivity contribution in [1.29, 1.82) is 0 Å². The van der Waals surface area contributed by atoms with E-state index in [0.717, 1.165) is 9.99 Å². The molecule has 0 unspecified atom stereocenters. The second-order valence-corrected chi connectivity index (χ2v) is 3.73. The van der Waals surface area contributed by atoms with Gasteiger partial charge in [-0.15, -0.1) is 0 Å². The quantitative estimate of drug-likeness (QED) is 0.848. The number of pyridine rings is 1. The third-order valence-corrected chi connectivity index (χ3v) is 2.65. The summed E-state index contributed by atoms with van der Waals surface area (Å²) in [6, 6.07) is 5.03. The molecule has 0 saturated heterocycles. The average molecular weight is 254 g/mol. The lowest BCUT2D eigenvalue weighted by Gasteiger charge is -2.03. The Bertz CT molecular complexity index is 533. The molecule has 1 aromatic heterocycles. The van der Waals surface area contributed by atoms with E-state index in [2.05, 4.69) is 20.9 Å². The molecule has 0 atom stereocenters. The van der Waals surface area contributed by atoms with Gasteiger partial charge in [0.1, 0.15) is 5.75 Å². The van der Waals surface area contributed by atoms with Gasteiger partial charge in [-0.2, -0.15) is 0 Å². The molecule has 0 saturated carbocycles. The van der Waals surface area contributed by atoms with Crippen LogP contribution in [0.15, 0.2) is 33.7 Å². The van der Waals surface area contributed by atoms with E-state index in [0.29, 0.717) is 11.1 Å². The van der Waals surface area contributed by atoms with E-state index in [1.807, 2.05) is 6.07 Å². The van der Waals surface area contributed by atoms with Gasteiger partial charge in [0.15, 0.2) is 5.43 Å². The van der Waals surface area contributed by atoms with Crippen LogP contribution in [0.4, 0.5) is 0 Å². The predicted molar refractivity (Wildman–Crippen MR) is 58.8 cm³/mol. The van der Waals surface area contributed by atoms with Crippen molar-refractivity contribution in [2.75, 3.05) is 7.11 Å². The number of hydrogen-bond donors (Lipinski definition) is 1. The molecule has 0 amide bonds. The summed E-state index contributed by atoms with van der Waals surface area (Å²) in [5.41, 5.74) is 0.775. The first-order chi connectivity index (χ1) is 6.72. The van der Waals surface area contributed by atoms with Crippen molar-refractivity contribution in [3.63, 3.8) is 0 Å². The molecule has 0 fully saturated rings. The lowest BCUT2D eigenvalue weighted by Crippen LogP contribution is -2.00. The Morgan fingerprint density at radius 2 is 2.21 bits per heavy atom. The van der Waals surface area contributed by atoms with Gasteiger partial charge >= 0.3 is 0 Å². The van der Waals surface area contributed by atoms with E-state index in [4.69, 9.17) is 4.74 Å². The van der Waals surface area contributed by atoms with Crippen LogP contribution in [0.1, 0.15) is 0 Å². The minimum absolute atomic E-state index is 0.0154. The molecule has 1 aromatic carbocycles. The van der Waals surface area contributed by atoms with Gasteiger partial charge < -0.3 is 9.72 Å². The summed E-state index contributed by atoms with van der Waals surface area (Å²) >= 11 is 3.37. The van der Waals surface area contributed by atoms with Crippen molar-refractivity contribution >= 4 is 26.8 Å². The van der Waals surface area contributed by atoms with Crippen LogP contribution in [0.2, 0.25) is 0 Å². The largest absolute Gasteiger partial charge is 0.497 e. The van der Waals surface area contributed by atoms with Crippen molar-refractivity contribution in [1.82, 2.24) is 4.98 Å². The first-order valence-electron chi connectivity index (χ1n) is 4.07. The summed E-state index contributed by atoms with van der Waals surface area (Å²) in [5.74, 6) is 0.668. The number of fused-ring (bicyclic) bond motifs is 1. The van der Waals surface area contributed by atoms with Crippen LogP contribution in [-0.4, -0.2) is 12.1 Å². The summed E-state index contributed by atoms with van der Waals surface area (Å²) in [5, 5.41) is 0.624. The van der Waals surface area contributed by atoms with Gasteiger partial charge in [0.2, 0.25) is 0 Å². The Balaban J connectivity index is 2.91. The Morgan fingerprint density at radius 1 is 1.43 bits per heavy atom. The van der Waals surface area contributed by atoms with Crippen LogP contribution in [0.3, 0.4) is 0 Å². The highest BCUT2D eigenvalue weighted by molar-refractivity contribution is 9.10. The highest BCUT2D eigenvalue weighted by Gasteiger charge is 2.04. The van der Waals surface area contributed by atoms with Crippen LogP contribution in [-0.2, 0) is 0 Å². The van der Waals surface area contributed by atoms with E-state index >= 15 is 0 Å². The molecule has 0 radical (unpaired) electrons. The second kappa shape index (κ2) is 3.46. The highest BCUT2D eigenvalue weighted by Crippen LogP contribution is 2.25. The average Bonchev–Trinajstić information content (AvgIpc) is 2.19. The Labute approximate surface area is 88.8 Å². The fraction of sp³-hybridized carbons (Fsp3) is 0.100. The molecule has 0 spiro atoms. The maximum Gasteiger partial charge on any atom is 0.189 e. The van der Waals surface area contributed by atoms with Crippen LogP contribution >= 0.6 is 15.9 Å². The summed E-state index contributed by atoms with van der Waals surface area (Å²) < 4.78 is 5.90. The monoisotopic (exact) mass is 253 g/mol. The Morgan fingerprint density at radius 3 is 2.93 bits per heavy atom. The fourth-order valence-electron chi connectivity index (χ4n) is 1.33. The van der Waals surface area contributed by atoms with Gasteiger partial charge in [0.25, 0.3) is 0 Å². The molecule has 0 aliphatic heterocycles. The van der Waals surface area contributed by atoms with Crippen molar-refractivity contribution in [3.05, 3.63) is 39.1 Å². The molecule has 2 rings (SSSR count). The summed E-state index contributed by atoms with van der Waals surface area (Å²) in [4.78, 5) is 14.5. The number of methoxy groups -OCH3 is 1. The SMILES string of the molecule is COc1cc(Br)c2[nH]ccc(=O)c2c1. The van der Waals surface area contributed by atoms with Crippen LogP contribution in [0.25, 0.3) is 10.9 Å². The topological polar surface area (TPSA) is 42.1 Å². The van der Waals surface area contributed by atoms with E-state index in [1.165, 1.54) is 6.07 Å². The first-order valence-corrected chi connectivity index (χ1v) is 4.86. The third kappa shape index (κ3) is 1.42. The van der Waals surface area contributed by atoms with E-state index in [1.54, 1.807) is 19.4 Å². The van der Waals surface area contributed by atoms with E-state index in [9.17, 15) is 4.79 Å². The van der Waals surface area contributed by atoms with Gasteiger partial charge in [0.05, 0.1) is 18.0 Å². The highest BCUT2D eigenvalue weighted by atomic mass is 79.9. The molecule has 72 valence electrons. The molecule has 1 heterocycles. The van der Waals surface area contributed by atoms with Crippen molar-refractivity contribution < 1.29 is 4.74 Å². The van der Waals surface area contributed by atoms with Gasteiger partial charge in [-0.3, -0.25) is 4.79 Å². The smallest absolute Gasteiger partial charge is 0.189 e. The molecule has 0 bridgehead atoms. The van der Waals surface area contributed by atoms with Crippen molar-refractivity contribution in [3.8, 4) is 5.75 Å². The molecule has 14 heavy (non-hydrogen) atoms. The van der Waals surface area contributed by atoms with Gasteiger partial charge in [-0.25, -0.2) is 0 Å². The zero-order valence-electron chi connectivity index (χ0n) is 7.50. The molecule has 3 nitrogen and oxygen atoms in total. The maximum atomic E-state index is 11.5. The van der Waals surface area contributed by atoms with E-state index in [-0.39, 0.29) is 5.43 Å². The number of H-pyrrole nitrogens is 1. The minimum atomic E-state index is -0.0154. The number of benzene rings is 1. The van der Waals surface area contributed by atoms with Gasteiger partial charge in [-0.1, -0.05) is 0 Å². The van der Waals surface area contributed by atoms with E-state index < -0.39 is 0 Å². The van der Waals surface area contributed by atoms with Crippen molar-refractivity contribution in [2.45, 2.75) is 0 Å². The van der Waals surface area contributed by atoms with Crippen molar-refractivity contribution in [2.24, 2.45) is 0 Å². The Hall–Kier alpha value is -1.29. The predicted octanol–water partition coefficient (Wildman–Crippen LogP) is 2.30. The summed E-state index contributed by atoms with van der Waals surface area (Å²) in [6.07, 6.45) is 1.63. The zero-order valence-corrected chi connectivity index (χ0v) is 9.09. The molecule has 2 aromatic rings. The number of rotatable bonds is 1. The Kier molecular flexibility index (Phi) is 2.29. The number of aromatic amines is 1. The van der Waals surface area contributed by atoms with Crippen LogP contribution in [0.5, 0.6) is 5.75 Å². The van der Waals surface area contributed by atoms with Gasteiger partial charge in [0, 0.05) is 16.7 Å². The normalized spacial score (nSPS) is 10.4. The van der Waals surface area contributed by atoms with Crippen LogP contribution in [0, 0.1) is 0 Å². The molecule has 0 aliphatic carbocycles. The lowest BCUT2D eigenvalue weighted by atomic mass is 10.2. The third-order valence-electron chi connectivity index (χ3n) is 2.03. The standard InChI is InChI=1S/C10H8BrNO2/c1-14-6-4-7-9(13)2-3-12-10(7)8(11)5-6/h2-5H,1H3,(H,12,13). The molecule has 1 N–H and O–H groups in total.